The Balaban J connectivity index is 1.53. The van der Waals surface area contributed by atoms with Gasteiger partial charge in [-0.05, 0) is 45.9 Å². The van der Waals surface area contributed by atoms with Crippen LogP contribution in [0.15, 0.2) is 49.1 Å². The van der Waals surface area contributed by atoms with E-state index in [-0.39, 0.29) is 11.2 Å². The third-order valence-electron chi connectivity index (χ3n) is 5.37. The molecule has 0 aromatic carbocycles. The van der Waals surface area contributed by atoms with Crippen LogP contribution in [0.1, 0.15) is 27.7 Å². The van der Waals surface area contributed by atoms with Gasteiger partial charge in [0.15, 0.2) is 0 Å². The summed E-state index contributed by atoms with van der Waals surface area (Å²) in [5, 5.41) is 4.18. The molecule has 3 aromatic heterocycles. The van der Waals surface area contributed by atoms with Crippen molar-refractivity contribution in [3.8, 4) is 22.5 Å². The summed E-state index contributed by atoms with van der Waals surface area (Å²) in [6.07, 6.45) is 7.39. The van der Waals surface area contributed by atoms with Crippen LogP contribution in [0.25, 0.3) is 22.5 Å². The standard InChI is InChI=1S/C20H23BN4O2/c1-19(2)20(3,4)27-21(26-19)16-7-9-17(23-12-16)14-6-8-18(22-10-14)15-11-24-25(5)13-15/h6-13H,1-5H3. The number of pyridine rings is 2. The lowest BCUT2D eigenvalue weighted by molar-refractivity contribution is 0.00578. The highest BCUT2D eigenvalue weighted by Crippen LogP contribution is 2.36. The number of hydrogen-bond acceptors (Lipinski definition) is 5. The highest BCUT2D eigenvalue weighted by molar-refractivity contribution is 6.62. The van der Waals surface area contributed by atoms with E-state index in [2.05, 4.69) is 15.1 Å². The number of aromatic nitrogens is 4. The molecule has 1 aliphatic rings. The molecule has 0 atom stereocenters. The maximum Gasteiger partial charge on any atom is 0.496 e. The van der Waals surface area contributed by atoms with Crippen molar-refractivity contribution < 1.29 is 9.31 Å². The van der Waals surface area contributed by atoms with Crippen molar-refractivity contribution in [1.29, 1.82) is 0 Å². The van der Waals surface area contributed by atoms with Crippen molar-refractivity contribution >= 4 is 12.6 Å². The predicted octanol–water partition coefficient (Wildman–Crippen LogP) is 2.84. The van der Waals surface area contributed by atoms with Crippen LogP contribution in [-0.2, 0) is 16.4 Å². The van der Waals surface area contributed by atoms with Gasteiger partial charge in [-0.2, -0.15) is 5.10 Å². The SMILES string of the molecule is Cn1cc(-c2ccc(-c3ccc(B4OC(C)(C)C(C)(C)O4)cn3)cn2)cn1. The molecule has 1 aliphatic heterocycles. The van der Waals surface area contributed by atoms with Crippen LogP contribution in [0.3, 0.4) is 0 Å². The monoisotopic (exact) mass is 362 g/mol. The second-order valence-corrected chi connectivity index (χ2v) is 7.90. The summed E-state index contributed by atoms with van der Waals surface area (Å²) >= 11 is 0. The molecule has 0 unspecified atom stereocenters. The number of nitrogens with zero attached hydrogens (tertiary/aromatic N) is 4. The minimum absolute atomic E-state index is 0.359. The third kappa shape index (κ3) is 3.28. The van der Waals surface area contributed by atoms with Crippen LogP contribution in [0.5, 0.6) is 0 Å². The Morgan fingerprint density at radius 2 is 1.44 bits per heavy atom. The Morgan fingerprint density at radius 3 is 1.96 bits per heavy atom. The van der Waals surface area contributed by atoms with Gasteiger partial charge >= 0.3 is 7.12 Å². The molecule has 0 saturated carbocycles. The molecule has 4 heterocycles. The molecule has 7 heteroatoms. The van der Waals surface area contributed by atoms with Crippen LogP contribution in [-0.4, -0.2) is 38.1 Å². The number of aryl methyl sites for hydroxylation is 1. The first kappa shape index (κ1) is 17.9. The van der Waals surface area contributed by atoms with Crippen molar-refractivity contribution in [1.82, 2.24) is 19.7 Å². The fraction of sp³-hybridized carbons (Fsp3) is 0.350. The first-order chi connectivity index (χ1) is 12.7. The van der Waals surface area contributed by atoms with Gasteiger partial charge in [0.2, 0.25) is 0 Å². The van der Waals surface area contributed by atoms with Gasteiger partial charge in [0, 0.05) is 42.2 Å². The van der Waals surface area contributed by atoms with Gasteiger partial charge in [-0.25, -0.2) is 0 Å². The fourth-order valence-corrected chi connectivity index (χ4v) is 2.96. The summed E-state index contributed by atoms with van der Waals surface area (Å²) < 4.78 is 13.9. The van der Waals surface area contributed by atoms with Crippen molar-refractivity contribution in [2.45, 2.75) is 38.9 Å². The quantitative estimate of drug-likeness (QED) is 0.671. The van der Waals surface area contributed by atoms with Gasteiger partial charge in [0.25, 0.3) is 0 Å². The summed E-state index contributed by atoms with van der Waals surface area (Å²) in [5.41, 5.74) is 3.90. The minimum atomic E-state index is -0.400. The average molecular weight is 362 g/mol. The van der Waals surface area contributed by atoms with E-state index in [0.29, 0.717) is 0 Å². The molecule has 1 fully saturated rings. The van der Waals surface area contributed by atoms with Crippen molar-refractivity contribution in [2.24, 2.45) is 7.05 Å². The first-order valence-corrected chi connectivity index (χ1v) is 9.02. The average Bonchev–Trinajstić information content (AvgIpc) is 3.16. The summed E-state index contributed by atoms with van der Waals surface area (Å²) in [7, 11) is 1.49. The summed E-state index contributed by atoms with van der Waals surface area (Å²) in [6, 6.07) is 7.98. The van der Waals surface area contributed by atoms with E-state index in [1.165, 1.54) is 0 Å². The van der Waals surface area contributed by atoms with Crippen molar-refractivity contribution in [3.05, 3.63) is 49.1 Å². The molecular formula is C20H23BN4O2. The Hall–Kier alpha value is -2.51. The van der Waals surface area contributed by atoms with E-state index in [0.717, 1.165) is 28.0 Å². The molecule has 0 amide bonds. The van der Waals surface area contributed by atoms with Gasteiger partial charge < -0.3 is 9.31 Å². The number of hydrogen-bond donors (Lipinski definition) is 0. The molecule has 0 spiro atoms. The Morgan fingerprint density at radius 1 is 0.815 bits per heavy atom. The van der Waals surface area contributed by atoms with Crippen LogP contribution in [0.4, 0.5) is 0 Å². The van der Waals surface area contributed by atoms with Crippen LogP contribution < -0.4 is 5.46 Å². The largest absolute Gasteiger partial charge is 0.496 e. The highest BCUT2D eigenvalue weighted by atomic mass is 16.7. The van der Waals surface area contributed by atoms with Crippen molar-refractivity contribution in [3.63, 3.8) is 0 Å². The first-order valence-electron chi connectivity index (χ1n) is 9.02. The van der Waals surface area contributed by atoms with Crippen LogP contribution >= 0.6 is 0 Å². The molecule has 3 aromatic rings. The van der Waals surface area contributed by atoms with E-state index in [9.17, 15) is 0 Å². The Kier molecular flexibility index (Phi) is 4.16. The van der Waals surface area contributed by atoms with Gasteiger partial charge in [-0.15, -0.1) is 0 Å². The van der Waals surface area contributed by atoms with Gasteiger partial charge in [0.1, 0.15) is 0 Å². The highest BCUT2D eigenvalue weighted by Gasteiger charge is 2.51. The molecule has 6 nitrogen and oxygen atoms in total. The third-order valence-corrected chi connectivity index (χ3v) is 5.37. The summed E-state index contributed by atoms with van der Waals surface area (Å²) in [6.45, 7) is 8.18. The molecule has 0 aliphatic carbocycles. The Labute approximate surface area is 159 Å². The summed E-state index contributed by atoms with van der Waals surface area (Å²) in [5.74, 6) is 0. The van der Waals surface area contributed by atoms with Gasteiger partial charge in [-0.3, -0.25) is 14.6 Å². The van der Waals surface area contributed by atoms with Crippen LogP contribution in [0, 0.1) is 0 Å². The normalized spacial score (nSPS) is 18.0. The number of rotatable bonds is 3. The predicted molar refractivity (Wildman–Crippen MR) is 105 cm³/mol. The van der Waals surface area contributed by atoms with E-state index in [1.807, 2.05) is 77.6 Å². The van der Waals surface area contributed by atoms with Crippen LogP contribution in [0.2, 0.25) is 0 Å². The molecule has 0 N–H and O–H groups in total. The fourth-order valence-electron chi connectivity index (χ4n) is 2.96. The molecule has 138 valence electrons. The maximum absolute atomic E-state index is 6.08. The molecule has 0 radical (unpaired) electrons. The zero-order valence-electron chi connectivity index (χ0n) is 16.3. The lowest BCUT2D eigenvalue weighted by Crippen LogP contribution is -2.41. The zero-order valence-corrected chi connectivity index (χ0v) is 16.3. The summed E-state index contributed by atoms with van der Waals surface area (Å²) in [4.78, 5) is 9.11. The van der Waals surface area contributed by atoms with E-state index >= 15 is 0 Å². The second kappa shape index (κ2) is 6.28. The molecule has 0 bridgehead atoms. The molecule has 1 saturated heterocycles. The lowest BCUT2D eigenvalue weighted by atomic mass is 9.80. The zero-order chi connectivity index (χ0) is 19.2. The van der Waals surface area contributed by atoms with E-state index < -0.39 is 7.12 Å². The van der Waals surface area contributed by atoms with E-state index in [4.69, 9.17) is 9.31 Å². The molecule has 27 heavy (non-hydrogen) atoms. The molecule has 4 rings (SSSR count). The topological polar surface area (TPSA) is 62.1 Å². The second-order valence-electron chi connectivity index (χ2n) is 7.90. The van der Waals surface area contributed by atoms with Gasteiger partial charge in [0.05, 0.1) is 28.8 Å². The minimum Gasteiger partial charge on any atom is -0.399 e. The van der Waals surface area contributed by atoms with E-state index in [1.54, 1.807) is 10.9 Å². The molecular weight excluding hydrogens is 339 g/mol. The Bertz CT molecular complexity index is 933. The smallest absolute Gasteiger partial charge is 0.399 e. The lowest BCUT2D eigenvalue weighted by Gasteiger charge is -2.32. The van der Waals surface area contributed by atoms with Crippen molar-refractivity contribution in [2.75, 3.05) is 0 Å². The maximum atomic E-state index is 6.08. The van der Waals surface area contributed by atoms with Gasteiger partial charge in [-0.1, -0.05) is 6.07 Å².